The van der Waals surface area contributed by atoms with Crippen molar-refractivity contribution >= 4 is 0 Å². The van der Waals surface area contributed by atoms with Crippen LogP contribution in [0.1, 0.15) is 106 Å². The second kappa shape index (κ2) is 16.9. The SMILES string of the molecule is CC(C)(O[C@@H]1O[C@H](CO)[C@@H](O)[C@H](O)[C@H]1O)[C@@H]1CC[C@@](C)([C@@H]2[C@H](O)C[C@]3(C)[C@H]4C[C@H](O[C@@H]5O[C@@H](CO)[C@@H](O)[C@H](O)[C@@H]5O)[C@H]5C(C)(C)[C@H](O[C@H]6OC[C@H](O)[C@H](O)[C@H]6O)CC[C@]56C[C@]46CC[C@@]23C)O1. The molecule has 0 bridgehead atoms. The van der Waals surface area contributed by atoms with E-state index in [0.717, 1.165) is 25.7 Å². The van der Waals surface area contributed by atoms with Crippen LogP contribution in [0.4, 0.5) is 0 Å². The average molecular weight is 947 g/mol. The lowest BCUT2D eigenvalue weighted by atomic mass is 9.41. The molecule has 0 unspecified atom stereocenters. The molecule has 4 saturated heterocycles. The summed E-state index contributed by atoms with van der Waals surface area (Å²) in [6.45, 7) is 13.0. The first-order chi connectivity index (χ1) is 30.8. The number of hydrogen-bond donors (Lipinski definition) is 12. The molecule has 4 heterocycles. The van der Waals surface area contributed by atoms with Crippen LogP contribution in [-0.2, 0) is 33.2 Å². The van der Waals surface area contributed by atoms with Gasteiger partial charge in [-0.05, 0) is 117 Å². The van der Waals surface area contributed by atoms with Gasteiger partial charge >= 0.3 is 0 Å². The lowest BCUT2D eigenvalue weighted by Gasteiger charge is -2.65. The van der Waals surface area contributed by atoms with Crippen molar-refractivity contribution in [2.75, 3.05) is 19.8 Å². The molecular weight excluding hydrogens is 868 g/mol. The highest BCUT2D eigenvalue weighted by molar-refractivity contribution is 5.33. The van der Waals surface area contributed by atoms with E-state index in [1.54, 1.807) is 0 Å². The van der Waals surface area contributed by atoms with E-state index < -0.39 is 151 Å². The zero-order valence-electron chi connectivity index (χ0n) is 39.3. The third-order valence-electron chi connectivity index (χ3n) is 19.9. The molecule has 9 aliphatic rings. The fourth-order valence-corrected chi connectivity index (χ4v) is 16.4. The van der Waals surface area contributed by atoms with Crippen molar-refractivity contribution in [1.82, 2.24) is 0 Å². The molecule has 2 spiro atoms. The Morgan fingerprint density at radius 3 is 1.83 bits per heavy atom. The molecule has 0 radical (unpaired) electrons. The second-order valence-corrected chi connectivity index (χ2v) is 23.8. The maximum absolute atomic E-state index is 12.5. The van der Waals surface area contributed by atoms with Gasteiger partial charge < -0.3 is 94.4 Å². The molecule has 0 aromatic heterocycles. The molecular formula is C47H78O19. The number of hydrogen-bond acceptors (Lipinski definition) is 19. The van der Waals surface area contributed by atoms with E-state index in [9.17, 15) is 61.3 Å². The van der Waals surface area contributed by atoms with Gasteiger partial charge in [-0.2, -0.15) is 0 Å². The van der Waals surface area contributed by atoms with Gasteiger partial charge in [-0.3, -0.25) is 0 Å². The minimum absolute atomic E-state index is 0.00898. The number of aliphatic hydroxyl groups excluding tert-OH is 12. The first-order valence-electron chi connectivity index (χ1n) is 24.4. The molecule has 0 aromatic rings. The molecule has 0 aromatic carbocycles. The van der Waals surface area contributed by atoms with Crippen LogP contribution in [0.25, 0.3) is 0 Å². The summed E-state index contributed by atoms with van der Waals surface area (Å²) in [5.74, 6) is -0.523. The van der Waals surface area contributed by atoms with E-state index >= 15 is 0 Å². The van der Waals surface area contributed by atoms with E-state index in [4.69, 9.17) is 33.2 Å². The maximum Gasteiger partial charge on any atom is 0.187 e. The van der Waals surface area contributed by atoms with Crippen molar-refractivity contribution < 1.29 is 94.4 Å². The Hall–Kier alpha value is -0.760. The molecule has 9 fully saturated rings. The molecule has 66 heavy (non-hydrogen) atoms. The topological polar surface area (TPSA) is 307 Å². The van der Waals surface area contributed by atoms with Crippen molar-refractivity contribution in [3.8, 4) is 0 Å². The minimum Gasteiger partial charge on any atom is -0.394 e. The second-order valence-electron chi connectivity index (χ2n) is 23.8. The van der Waals surface area contributed by atoms with E-state index in [2.05, 4.69) is 34.6 Å². The minimum atomic E-state index is -1.65. The van der Waals surface area contributed by atoms with Gasteiger partial charge in [-0.25, -0.2) is 0 Å². The molecule has 19 nitrogen and oxygen atoms in total. The molecule has 5 saturated carbocycles. The maximum atomic E-state index is 12.5. The Labute approximate surface area is 386 Å². The van der Waals surface area contributed by atoms with Crippen LogP contribution in [0.2, 0.25) is 0 Å². The number of fused-ring (bicyclic) bond motifs is 2. The standard InChI is InChI=1S/C47H78O19/c1-41(2)26(64-38-33(57)28(52)21(51)18-60-38)9-11-47-19-46(47)13-12-43(5)36(45(7)10-8-27(65-45)42(3,4)66-40-35(59)32(56)30(54)24(17-49)63-40)20(50)15-44(43,6)25(46)14-22(37(41)47)61-39-34(58)31(55)29(53)23(16-48)62-39/h20-40,48-59H,8-19H2,1-7H3/t20-,21+,22+,23+,24-,25-,26-,27+,28+,29-,30-,31+,32+,33-,34+,35-,36-,37+,38-,39-,40+,43+,44-,45+,46-,47+/m1/s1. The van der Waals surface area contributed by atoms with Gasteiger partial charge in [0.1, 0.15) is 67.1 Å². The summed E-state index contributed by atoms with van der Waals surface area (Å²) < 4.78 is 44.3. The van der Waals surface area contributed by atoms with Gasteiger partial charge in [0.15, 0.2) is 18.9 Å². The van der Waals surface area contributed by atoms with Crippen LogP contribution < -0.4 is 0 Å². The molecule has 5 aliphatic carbocycles. The van der Waals surface area contributed by atoms with Gasteiger partial charge in [0.25, 0.3) is 0 Å². The van der Waals surface area contributed by atoms with Gasteiger partial charge in [0.05, 0.1) is 55.4 Å². The van der Waals surface area contributed by atoms with E-state index in [1.807, 2.05) is 13.8 Å². The Balaban J connectivity index is 1.01. The molecule has 380 valence electrons. The lowest BCUT2D eigenvalue weighted by Crippen LogP contribution is -2.65. The van der Waals surface area contributed by atoms with Crippen molar-refractivity contribution in [3.05, 3.63) is 0 Å². The third kappa shape index (κ3) is 7.22. The van der Waals surface area contributed by atoms with Crippen molar-refractivity contribution in [3.63, 3.8) is 0 Å². The molecule has 4 aliphatic heterocycles. The van der Waals surface area contributed by atoms with Crippen LogP contribution >= 0.6 is 0 Å². The summed E-state index contributed by atoms with van der Waals surface area (Å²) in [4.78, 5) is 0. The molecule has 19 heteroatoms. The Bertz CT molecular complexity index is 1770. The fourth-order valence-electron chi connectivity index (χ4n) is 16.4. The van der Waals surface area contributed by atoms with Crippen LogP contribution in [-0.4, -0.2) is 203 Å². The predicted molar refractivity (Wildman–Crippen MR) is 226 cm³/mol. The molecule has 12 N–H and O–H groups in total. The van der Waals surface area contributed by atoms with Gasteiger partial charge in [-0.1, -0.05) is 27.7 Å². The van der Waals surface area contributed by atoms with Crippen LogP contribution in [0.15, 0.2) is 0 Å². The van der Waals surface area contributed by atoms with E-state index in [-0.39, 0.29) is 35.2 Å². The molecule has 0 amide bonds. The van der Waals surface area contributed by atoms with Crippen molar-refractivity contribution in [2.24, 2.45) is 44.8 Å². The molecule has 9 rings (SSSR count). The zero-order chi connectivity index (χ0) is 48.1. The largest absolute Gasteiger partial charge is 0.394 e. The first kappa shape index (κ1) is 50.2. The monoisotopic (exact) mass is 947 g/mol. The summed E-state index contributed by atoms with van der Waals surface area (Å²) in [7, 11) is 0. The first-order valence-corrected chi connectivity index (χ1v) is 24.4. The summed E-state index contributed by atoms with van der Waals surface area (Å²) in [5.41, 5.74) is -3.88. The van der Waals surface area contributed by atoms with Crippen molar-refractivity contribution in [1.29, 1.82) is 0 Å². The molecule has 26 atom stereocenters. The summed E-state index contributed by atoms with van der Waals surface area (Å²) >= 11 is 0. The fraction of sp³-hybridized carbons (Fsp3) is 1.00. The number of ether oxygens (including phenoxy) is 7. The Morgan fingerprint density at radius 1 is 0.591 bits per heavy atom. The normalized spacial score (nSPS) is 58.0. The quantitative estimate of drug-likeness (QED) is 0.112. The van der Waals surface area contributed by atoms with Gasteiger partial charge in [0, 0.05) is 5.92 Å². The summed E-state index contributed by atoms with van der Waals surface area (Å²) in [6.07, 6.45) is -16.3. The Kier molecular flexibility index (Phi) is 12.9. The smallest absolute Gasteiger partial charge is 0.187 e. The number of rotatable bonds is 10. The number of aliphatic hydroxyl groups is 12. The van der Waals surface area contributed by atoms with Crippen LogP contribution in [0.5, 0.6) is 0 Å². The highest BCUT2D eigenvalue weighted by Crippen LogP contribution is 2.89. The summed E-state index contributed by atoms with van der Waals surface area (Å²) in [5, 5.41) is 129. The van der Waals surface area contributed by atoms with Crippen LogP contribution in [0, 0.1) is 44.8 Å². The van der Waals surface area contributed by atoms with Crippen LogP contribution in [0.3, 0.4) is 0 Å². The third-order valence-corrected chi connectivity index (χ3v) is 19.9. The van der Waals surface area contributed by atoms with E-state index in [1.165, 1.54) is 0 Å². The van der Waals surface area contributed by atoms with Gasteiger partial charge in [0.2, 0.25) is 0 Å². The van der Waals surface area contributed by atoms with Gasteiger partial charge in [-0.15, -0.1) is 0 Å². The predicted octanol–water partition coefficient (Wildman–Crippen LogP) is -1.45. The summed E-state index contributed by atoms with van der Waals surface area (Å²) in [6, 6.07) is 0. The zero-order valence-corrected chi connectivity index (χ0v) is 39.3. The average Bonchev–Trinajstić information content (AvgIpc) is 3.63. The highest BCUT2D eigenvalue weighted by Gasteiger charge is 2.85. The highest BCUT2D eigenvalue weighted by atomic mass is 16.7. The van der Waals surface area contributed by atoms with Crippen molar-refractivity contribution in [2.45, 2.75) is 228 Å². The lowest BCUT2D eigenvalue weighted by molar-refractivity contribution is -0.339. The Morgan fingerprint density at radius 2 is 1.20 bits per heavy atom. The van der Waals surface area contributed by atoms with E-state index in [0.29, 0.717) is 32.1 Å².